The Balaban J connectivity index is 2.31. The molecular formula is C26H46N2O7SSi. The van der Waals surface area contributed by atoms with Crippen molar-refractivity contribution in [2.45, 2.75) is 104 Å². The first-order valence-corrected chi connectivity index (χ1v) is 16.6. The van der Waals surface area contributed by atoms with Crippen molar-refractivity contribution in [1.29, 1.82) is 0 Å². The van der Waals surface area contributed by atoms with Crippen molar-refractivity contribution in [2.24, 2.45) is 5.41 Å². The van der Waals surface area contributed by atoms with Gasteiger partial charge in [0, 0.05) is 42.5 Å². The van der Waals surface area contributed by atoms with Gasteiger partial charge in [-0.1, -0.05) is 46.4 Å². The van der Waals surface area contributed by atoms with Gasteiger partial charge in [0.15, 0.2) is 19.2 Å². The highest BCUT2D eigenvalue weighted by Crippen LogP contribution is 2.37. The third-order valence-electron chi connectivity index (χ3n) is 6.42. The Labute approximate surface area is 227 Å². The van der Waals surface area contributed by atoms with E-state index in [1.165, 1.54) is 12.3 Å². The fourth-order valence-electron chi connectivity index (χ4n) is 3.32. The van der Waals surface area contributed by atoms with Crippen molar-refractivity contribution in [3.63, 3.8) is 0 Å². The van der Waals surface area contributed by atoms with Gasteiger partial charge in [-0.05, 0) is 38.9 Å². The van der Waals surface area contributed by atoms with Crippen LogP contribution in [0.5, 0.6) is 0 Å². The maximum absolute atomic E-state index is 12.5. The van der Waals surface area contributed by atoms with E-state index in [-0.39, 0.29) is 47.3 Å². The number of hydrogen-bond donors (Lipinski definition) is 2. The standard InChI is InChI=1S/C26H46N2O7SSi/c1-18(35-37(9,10)24(2,3)4)15-19(29)16-21(31)36-14-13-27-20(30)11-12-28-23(32)22-25(5,6)17-33-26(7,8)34-22/h11-12,18,22H,13-17H2,1-10H3,(H,27,30)(H,28,32)/t18-,22-/m0/s1. The molecular weight excluding hydrogens is 512 g/mol. The molecule has 11 heteroatoms. The van der Waals surface area contributed by atoms with Gasteiger partial charge in [-0.2, -0.15) is 0 Å². The van der Waals surface area contributed by atoms with E-state index in [9.17, 15) is 19.2 Å². The quantitative estimate of drug-likeness (QED) is 0.160. The van der Waals surface area contributed by atoms with Gasteiger partial charge in [0.05, 0.1) is 13.0 Å². The predicted molar refractivity (Wildman–Crippen MR) is 148 cm³/mol. The first-order valence-electron chi connectivity index (χ1n) is 12.7. The average Bonchev–Trinajstić information content (AvgIpc) is 2.71. The molecule has 1 rings (SSSR count). The Morgan fingerprint density at radius 2 is 1.78 bits per heavy atom. The Morgan fingerprint density at radius 1 is 1.16 bits per heavy atom. The van der Waals surface area contributed by atoms with Gasteiger partial charge < -0.3 is 24.5 Å². The second-order valence-electron chi connectivity index (χ2n) is 12.1. The normalized spacial score (nSPS) is 20.3. The summed E-state index contributed by atoms with van der Waals surface area (Å²) in [5.74, 6) is -1.44. The van der Waals surface area contributed by atoms with Crippen LogP contribution in [0, 0.1) is 5.41 Å². The summed E-state index contributed by atoms with van der Waals surface area (Å²) in [4.78, 5) is 48.9. The van der Waals surface area contributed by atoms with Crippen molar-refractivity contribution in [3.8, 4) is 0 Å². The smallest absolute Gasteiger partial charge is 0.253 e. The van der Waals surface area contributed by atoms with E-state index in [4.69, 9.17) is 13.9 Å². The molecule has 9 nitrogen and oxygen atoms in total. The highest BCUT2D eigenvalue weighted by molar-refractivity contribution is 8.13. The summed E-state index contributed by atoms with van der Waals surface area (Å²) in [7, 11) is -1.97. The molecule has 1 aliphatic rings. The number of ketones is 1. The van der Waals surface area contributed by atoms with Crippen molar-refractivity contribution < 1.29 is 33.1 Å². The Hall–Kier alpha value is -1.53. The average molecular weight is 559 g/mol. The van der Waals surface area contributed by atoms with Gasteiger partial charge in [0.25, 0.3) is 5.91 Å². The molecule has 0 aliphatic carbocycles. The zero-order chi connectivity index (χ0) is 28.7. The van der Waals surface area contributed by atoms with Crippen LogP contribution in [-0.4, -0.2) is 67.9 Å². The van der Waals surface area contributed by atoms with Crippen LogP contribution in [0.2, 0.25) is 18.1 Å². The minimum absolute atomic E-state index is 0.0501. The predicted octanol–water partition coefficient (Wildman–Crippen LogP) is 3.93. The second-order valence-corrected chi connectivity index (χ2v) is 18.0. The molecule has 0 unspecified atom stereocenters. The molecule has 0 saturated carbocycles. The summed E-state index contributed by atoms with van der Waals surface area (Å²) in [6, 6.07) is 0. The molecule has 2 amide bonds. The molecule has 2 N–H and O–H groups in total. The first-order chi connectivity index (χ1) is 16.8. The Kier molecular flexibility index (Phi) is 12.2. The maximum atomic E-state index is 12.5. The zero-order valence-corrected chi connectivity index (χ0v) is 25.9. The Bertz CT molecular complexity index is 865. The van der Waals surface area contributed by atoms with E-state index < -0.39 is 31.5 Å². The number of ether oxygens (including phenoxy) is 2. The summed E-state index contributed by atoms with van der Waals surface area (Å²) in [5.41, 5.74) is -0.517. The van der Waals surface area contributed by atoms with Crippen molar-refractivity contribution in [1.82, 2.24) is 10.6 Å². The monoisotopic (exact) mass is 558 g/mol. The van der Waals surface area contributed by atoms with E-state index in [0.29, 0.717) is 12.4 Å². The lowest BCUT2D eigenvalue weighted by atomic mass is 9.85. The number of amides is 2. The Morgan fingerprint density at radius 3 is 2.38 bits per heavy atom. The maximum Gasteiger partial charge on any atom is 0.253 e. The van der Waals surface area contributed by atoms with Gasteiger partial charge >= 0.3 is 0 Å². The number of rotatable bonds is 12. The topological polar surface area (TPSA) is 120 Å². The molecule has 37 heavy (non-hydrogen) atoms. The minimum Gasteiger partial charge on any atom is -0.414 e. The van der Waals surface area contributed by atoms with Crippen molar-refractivity contribution >= 4 is 42.8 Å². The van der Waals surface area contributed by atoms with Gasteiger partial charge in [0.2, 0.25) is 5.91 Å². The third-order valence-corrected chi connectivity index (χ3v) is 11.9. The summed E-state index contributed by atoms with van der Waals surface area (Å²) in [5, 5.41) is 5.04. The highest BCUT2D eigenvalue weighted by Gasteiger charge is 2.45. The van der Waals surface area contributed by atoms with Gasteiger partial charge in [-0.15, -0.1) is 0 Å². The molecule has 1 fully saturated rings. The molecule has 0 spiro atoms. The van der Waals surface area contributed by atoms with Crippen LogP contribution >= 0.6 is 11.8 Å². The molecule has 0 aromatic rings. The molecule has 0 aromatic heterocycles. The molecule has 1 heterocycles. The van der Waals surface area contributed by atoms with Gasteiger partial charge in [-0.25, -0.2) is 0 Å². The number of nitrogens with one attached hydrogen (secondary N) is 2. The first kappa shape index (κ1) is 33.5. The number of Topliss-reactive ketones (excluding diaryl/α,β-unsaturated/α-hetero) is 1. The van der Waals surface area contributed by atoms with Crippen LogP contribution in [0.3, 0.4) is 0 Å². The fourth-order valence-corrected chi connectivity index (χ4v) is 5.46. The lowest BCUT2D eigenvalue weighted by Crippen LogP contribution is -2.55. The van der Waals surface area contributed by atoms with E-state index >= 15 is 0 Å². The molecule has 0 aromatic carbocycles. The van der Waals surface area contributed by atoms with E-state index in [0.717, 1.165) is 11.8 Å². The highest BCUT2D eigenvalue weighted by atomic mass is 32.2. The number of hydrogen-bond acceptors (Lipinski definition) is 8. The lowest BCUT2D eigenvalue weighted by Gasteiger charge is -2.44. The SMILES string of the molecule is C[C@@H](CC(=O)CC(=O)SCCNC(=O)C=CNC(=O)[C@@H]1OC(C)(C)OCC1(C)C)O[Si](C)(C)C(C)(C)C. The molecule has 1 aliphatic heterocycles. The molecule has 212 valence electrons. The van der Waals surface area contributed by atoms with Crippen LogP contribution in [0.25, 0.3) is 0 Å². The van der Waals surface area contributed by atoms with Crippen LogP contribution in [0.15, 0.2) is 12.3 Å². The third kappa shape index (κ3) is 11.8. The number of carbonyl (C=O) groups is 4. The molecule has 2 atom stereocenters. The summed E-state index contributed by atoms with van der Waals surface area (Å²) < 4.78 is 17.6. The van der Waals surface area contributed by atoms with Crippen LogP contribution < -0.4 is 10.6 Å². The van der Waals surface area contributed by atoms with E-state index in [1.807, 2.05) is 20.8 Å². The zero-order valence-electron chi connectivity index (χ0n) is 24.1. The van der Waals surface area contributed by atoms with Crippen LogP contribution in [0.1, 0.15) is 68.2 Å². The molecule has 0 bridgehead atoms. The molecule has 0 radical (unpaired) electrons. The van der Waals surface area contributed by atoms with Crippen LogP contribution in [0.4, 0.5) is 0 Å². The van der Waals surface area contributed by atoms with E-state index in [1.54, 1.807) is 13.8 Å². The van der Waals surface area contributed by atoms with Gasteiger partial charge in [0.1, 0.15) is 11.9 Å². The fraction of sp³-hybridized carbons (Fsp3) is 0.769. The number of thioether (sulfide) groups is 1. The van der Waals surface area contributed by atoms with Crippen LogP contribution in [-0.2, 0) is 33.1 Å². The second kappa shape index (κ2) is 13.5. The lowest BCUT2D eigenvalue weighted by molar-refractivity contribution is -0.303. The largest absolute Gasteiger partial charge is 0.414 e. The summed E-state index contributed by atoms with van der Waals surface area (Å²) in [6.07, 6.45) is 1.57. The van der Waals surface area contributed by atoms with Crippen molar-refractivity contribution in [3.05, 3.63) is 12.3 Å². The van der Waals surface area contributed by atoms with Crippen molar-refractivity contribution in [2.75, 3.05) is 18.9 Å². The van der Waals surface area contributed by atoms with Gasteiger partial charge in [-0.3, -0.25) is 19.2 Å². The summed E-state index contributed by atoms with van der Waals surface area (Å²) >= 11 is 1.01. The summed E-state index contributed by atoms with van der Waals surface area (Å²) in [6.45, 7) is 20.4. The number of carbonyl (C=O) groups excluding carboxylic acids is 4. The van der Waals surface area contributed by atoms with E-state index in [2.05, 4.69) is 44.5 Å². The molecule has 1 saturated heterocycles. The minimum atomic E-state index is -1.97.